The molecule has 0 saturated carbocycles. The maximum absolute atomic E-state index is 14.6. The van der Waals surface area contributed by atoms with Crippen LogP contribution in [0.25, 0.3) is 22.2 Å². The molecule has 3 aromatic carbocycles. The molecule has 2 aliphatic rings. The number of nitrogens with zero attached hydrogens (tertiary/aromatic N) is 3. The first-order valence-electron chi connectivity index (χ1n) is 17.2. The Balaban J connectivity index is 1.54. The van der Waals surface area contributed by atoms with E-state index in [2.05, 4.69) is 15.1 Å². The van der Waals surface area contributed by atoms with Gasteiger partial charge in [-0.3, -0.25) is 14.6 Å². The van der Waals surface area contributed by atoms with Crippen molar-refractivity contribution >= 4 is 26.6 Å². The van der Waals surface area contributed by atoms with E-state index in [-0.39, 0.29) is 50.7 Å². The van der Waals surface area contributed by atoms with Gasteiger partial charge in [0.2, 0.25) is 0 Å². The van der Waals surface area contributed by atoms with E-state index < -0.39 is 33.5 Å². The second kappa shape index (κ2) is 15.3. The molecule has 2 fully saturated rings. The Hall–Kier alpha value is -4.04. The maximum Gasteiger partial charge on any atom is 0.416 e. The van der Waals surface area contributed by atoms with Crippen molar-refractivity contribution in [1.82, 2.24) is 20.1 Å². The summed E-state index contributed by atoms with van der Waals surface area (Å²) in [5.74, 6) is -0.661. The van der Waals surface area contributed by atoms with Gasteiger partial charge in [0, 0.05) is 48.3 Å². The highest BCUT2D eigenvalue weighted by Crippen LogP contribution is 2.39. The number of fused-ring (bicyclic) bond motifs is 1. The Kier molecular flexibility index (Phi) is 11.0. The van der Waals surface area contributed by atoms with Crippen molar-refractivity contribution in [3.63, 3.8) is 0 Å². The number of amides is 1. The summed E-state index contributed by atoms with van der Waals surface area (Å²) < 4.78 is 79.8. The zero-order chi connectivity index (χ0) is 36.3. The fourth-order valence-corrected chi connectivity index (χ4v) is 8.12. The predicted octanol–water partition coefficient (Wildman–Crippen LogP) is 6.51. The highest BCUT2D eigenvalue weighted by atomic mass is 32.2. The van der Waals surface area contributed by atoms with Crippen LogP contribution < -0.4 is 10.1 Å². The molecule has 6 rings (SSSR count). The topological polar surface area (TPSA) is 101 Å². The zero-order valence-electron chi connectivity index (χ0n) is 29.0. The van der Waals surface area contributed by atoms with Gasteiger partial charge in [-0.2, -0.15) is 13.2 Å². The van der Waals surface area contributed by atoms with Gasteiger partial charge < -0.3 is 14.8 Å². The first kappa shape index (κ1) is 36.7. The SMILES string of the molecule is CCS(=O)(=O)c1cc2c(C(=O)NC(C)c3ccccc3)c(CN3CCC(N4CCOCC4)CC3)c(-c3cccc(C(F)(F)F)c3)nc2cc1OC. The van der Waals surface area contributed by atoms with Gasteiger partial charge in [0.05, 0.1) is 54.5 Å². The monoisotopic (exact) mass is 724 g/mol. The normalized spacial score (nSPS) is 17.4. The maximum atomic E-state index is 14.6. The smallest absolute Gasteiger partial charge is 0.416 e. The van der Waals surface area contributed by atoms with Gasteiger partial charge in [-0.15, -0.1) is 0 Å². The summed E-state index contributed by atoms with van der Waals surface area (Å²) in [6, 6.07) is 17.1. The third-order valence-corrected chi connectivity index (χ3v) is 11.7. The Labute approximate surface area is 296 Å². The van der Waals surface area contributed by atoms with Gasteiger partial charge in [0.25, 0.3) is 5.91 Å². The molecule has 272 valence electrons. The minimum atomic E-state index is -4.60. The van der Waals surface area contributed by atoms with Crippen molar-refractivity contribution < 1.29 is 35.9 Å². The van der Waals surface area contributed by atoms with Gasteiger partial charge in [-0.1, -0.05) is 49.4 Å². The molecule has 1 amide bonds. The van der Waals surface area contributed by atoms with Crippen LogP contribution >= 0.6 is 0 Å². The highest BCUT2D eigenvalue weighted by molar-refractivity contribution is 7.91. The van der Waals surface area contributed by atoms with Crippen LogP contribution in [-0.2, 0) is 27.3 Å². The van der Waals surface area contributed by atoms with E-state index in [1.54, 1.807) is 6.07 Å². The van der Waals surface area contributed by atoms with E-state index in [0.717, 1.165) is 43.6 Å². The minimum Gasteiger partial charge on any atom is -0.495 e. The first-order valence-corrected chi connectivity index (χ1v) is 18.9. The molecule has 0 bridgehead atoms. The summed E-state index contributed by atoms with van der Waals surface area (Å²) in [6.07, 6.45) is -2.85. The summed E-state index contributed by atoms with van der Waals surface area (Å²) in [5, 5.41) is 3.36. The number of alkyl halides is 3. The Morgan fingerprint density at radius 1 is 1.02 bits per heavy atom. The lowest BCUT2D eigenvalue weighted by molar-refractivity contribution is -0.137. The van der Waals surface area contributed by atoms with Gasteiger partial charge >= 0.3 is 6.18 Å². The molecular formula is C38H43F3N4O5S. The first-order chi connectivity index (χ1) is 24.4. The average molecular weight is 725 g/mol. The van der Waals surface area contributed by atoms with Crippen molar-refractivity contribution in [3.8, 4) is 17.0 Å². The second-order valence-corrected chi connectivity index (χ2v) is 15.3. The molecule has 0 radical (unpaired) electrons. The standard InChI is InChI=1S/C38H43F3N4O5S/c1-4-51(47,48)34-22-30-32(23-33(34)49-3)43-36(27-11-8-12-28(21-27)38(39,40)41)31(35(30)37(46)42-25(2)26-9-6-5-7-10-26)24-44-15-13-29(14-16-44)45-17-19-50-20-18-45/h5-12,21-23,25,29H,4,13-20,24H2,1-3H3,(H,42,46). The Morgan fingerprint density at radius 3 is 2.37 bits per heavy atom. The van der Waals surface area contributed by atoms with Crippen LogP contribution in [0, 0.1) is 0 Å². The van der Waals surface area contributed by atoms with Gasteiger partial charge in [-0.05, 0) is 56.6 Å². The summed E-state index contributed by atoms with van der Waals surface area (Å²) in [4.78, 5) is 24.1. The molecule has 2 saturated heterocycles. The quantitative estimate of drug-likeness (QED) is 0.198. The fraction of sp³-hybridized carbons (Fsp3) is 0.421. The number of aromatic nitrogens is 1. The minimum absolute atomic E-state index is 0.0359. The van der Waals surface area contributed by atoms with E-state index >= 15 is 0 Å². The van der Waals surface area contributed by atoms with E-state index in [1.165, 1.54) is 32.2 Å². The number of hydrogen-bond acceptors (Lipinski definition) is 8. The Bertz CT molecular complexity index is 1980. The number of rotatable bonds is 10. The lowest BCUT2D eigenvalue weighted by Gasteiger charge is -2.40. The van der Waals surface area contributed by atoms with Crippen molar-refractivity contribution in [2.45, 2.75) is 56.4 Å². The molecule has 4 aromatic rings. The third-order valence-electron chi connectivity index (χ3n) is 9.92. The van der Waals surface area contributed by atoms with Gasteiger partial charge in [0.15, 0.2) is 9.84 Å². The molecule has 0 spiro atoms. The number of piperidine rings is 1. The van der Waals surface area contributed by atoms with Crippen molar-refractivity contribution in [1.29, 1.82) is 0 Å². The van der Waals surface area contributed by atoms with Crippen molar-refractivity contribution in [3.05, 3.63) is 89.0 Å². The molecule has 51 heavy (non-hydrogen) atoms. The summed E-state index contributed by atoms with van der Waals surface area (Å²) in [7, 11) is -2.47. The lowest BCUT2D eigenvalue weighted by Crippen LogP contribution is -2.48. The third kappa shape index (κ3) is 8.06. The number of halogens is 3. The van der Waals surface area contributed by atoms with Gasteiger partial charge in [-0.25, -0.2) is 13.4 Å². The van der Waals surface area contributed by atoms with Crippen LogP contribution in [0.15, 0.2) is 71.6 Å². The average Bonchev–Trinajstić information content (AvgIpc) is 3.14. The van der Waals surface area contributed by atoms with Crippen LogP contribution in [0.3, 0.4) is 0 Å². The lowest BCUT2D eigenvalue weighted by atomic mass is 9.93. The molecule has 1 unspecified atom stereocenters. The highest BCUT2D eigenvalue weighted by Gasteiger charge is 2.33. The number of hydrogen-bond donors (Lipinski definition) is 1. The number of morpholine rings is 1. The number of methoxy groups -OCH3 is 1. The molecule has 1 atom stereocenters. The predicted molar refractivity (Wildman–Crippen MR) is 189 cm³/mol. The number of carbonyl (C=O) groups excluding carboxylic acids is 1. The van der Waals surface area contributed by atoms with Crippen LogP contribution in [0.1, 0.15) is 59.8 Å². The number of ether oxygens (including phenoxy) is 2. The number of nitrogens with one attached hydrogen (secondary N) is 1. The summed E-state index contributed by atoms with van der Waals surface area (Å²) in [6.45, 7) is 8.11. The molecule has 13 heteroatoms. The molecule has 9 nitrogen and oxygen atoms in total. The molecule has 1 N–H and O–H groups in total. The number of benzene rings is 3. The van der Waals surface area contributed by atoms with E-state index in [9.17, 15) is 26.4 Å². The number of pyridine rings is 1. The van der Waals surface area contributed by atoms with Crippen LogP contribution in [0.4, 0.5) is 13.2 Å². The van der Waals surface area contributed by atoms with E-state index in [0.29, 0.717) is 37.9 Å². The summed E-state index contributed by atoms with van der Waals surface area (Å²) in [5.41, 5.74) is 1.24. The Morgan fingerprint density at radius 2 is 1.73 bits per heavy atom. The summed E-state index contributed by atoms with van der Waals surface area (Å²) >= 11 is 0. The number of likely N-dealkylation sites (tertiary alicyclic amines) is 1. The number of carbonyl (C=O) groups is 1. The molecule has 0 aliphatic carbocycles. The zero-order valence-corrected chi connectivity index (χ0v) is 29.8. The van der Waals surface area contributed by atoms with Gasteiger partial charge in [0.1, 0.15) is 10.6 Å². The van der Waals surface area contributed by atoms with Crippen molar-refractivity contribution in [2.24, 2.45) is 0 Å². The van der Waals surface area contributed by atoms with E-state index in [1.807, 2.05) is 37.3 Å². The van der Waals surface area contributed by atoms with Crippen LogP contribution in [0.5, 0.6) is 5.75 Å². The number of sulfone groups is 1. The fourth-order valence-electron chi connectivity index (χ4n) is 7.07. The largest absolute Gasteiger partial charge is 0.495 e. The molecule has 3 heterocycles. The van der Waals surface area contributed by atoms with Crippen LogP contribution in [-0.4, -0.2) is 87.4 Å². The second-order valence-electron chi connectivity index (χ2n) is 13.1. The molecule has 1 aromatic heterocycles. The molecular weight excluding hydrogens is 682 g/mol. The van der Waals surface area contributed by atoms with Crippen LogP contribution in [0.2, 0.25) is 0 Å². The molecule has 2 aliphatic heterocycles. The van der Waals surface area contributed by atoms with Crippen molar-refractivity contribution in [2.75, 3.05) is 52.3 Å². The van der Waals surface area contributed by atoms with E-state index in [4.69, 9.17) is 14.5 Å².